The van der Waals surface area contributed by atoms with Crippen LogP contribution in [-0.2, 0) is 11.2 Å². The monoisotopic (exact) mass is 261 g/mol. The maximum atomic E-state index is 12.4. The summed E-state index contributed by atoms with van der Waals surface area (Å²) in [6.45, 7) is 0.721. The summed E-state index contributed by atoms with van der Waals surface area (Å²) in [6.07, 6.45) is 3.60. The van der Waals surface area contributed by atoms with Gasteiger partial charge >= 0.3 is 0 Å². The Labute approximate surface area is 113 Å². The summed E-state index contributed by atoms with van der Waals surface area (Å²) >= 11 is 0. The molecule has 1 aromatic rings. The minimum absolute atomic E-state index is 0.0201. The summed E-state index contributed by atoms with van der Waals surface area (Å²) < 4.78 is 5.58. The van der Waals surface area contributed by atoms with E-state index in [2.05, 4.69) is 0 Å². The van der Waals surface area contributed by atoms with Crippen LogP contribution in [0.3, 0.4) is 0 Å². The molecule has 0 bridgehead atoms. The third-order valence-corrected chi connectivity index (χ3v) is 4.19. The molecule has 0 spiro atoms. The number of aliphatic hydroxyl groups is 1. The Morgan fingerprint density at radius 1 is 1.47 bits per heavy atom. The molecule has 19 heavy (non-hydrogen) atoms. The lowest BCUT2D eigenvalue weighted by Gasteiger charge is -2.24. The molecule has 1 amide bonds. The highest BCUT2D eigenvalue weighted by molar-refractivity contribution is 5.99. The molecular formula is C15H19NO3. The number of carbonyl (C=O) groups excluding carboxylic acids is 1. The predicted molar refractivity (Wildman–Crippen MR) is 72.4 cm³/mol. The number of hydrogen-bond acceptors (Lipinski definition) is 3. The van der Waals surface area contributed by atoms with Gasteiger partial charge in [0, 0.05) is 12.7 Å². The number of carbonyl (C=O) groups is 1. The first kappa shape index (κ1) is 12.5. The molecule has 4 heteroatoms. The Morgan fingerprint density at radius 2 is 2.26 bits per heavy atom. The molecule has 0 radical (unpaired) electrons. The summed E-state index contributed by atoms with van der Waals surface area (Å²) in [6, 6.07) is 5.88. The van der Waals surface area contributed by atoms with E-state index in [9.17, 15) is 9.90 Å². The minimum atomic E-state index is -0.513. The number of hydrogen-bond donors (Lipinski definition) is 1. The average Bonchev–Trinajstić information content (AvgIpc) is 3.26. The number of nitrogens with zero attached hydrogens (tertiary/aromatic N) is 1. The molecular weight excluding hydrogens is 242 g/mol. The van der Waals surface area contributed by atoms with E-state index in [1.165, 1.54) is 0 Å². The molecule has 0 saturated heterocycles. The fourth-order valence-electron chi connectivity index (χ4n) is 2.62. The molecule has 0 unspecified atom stereocenters. The number of ether oxygens (including phenoxy) is 1. The summed E-state index contributed by atoms with van der Waals surface area (Å²) in [5, 5.41) is 9.35. The normalized spacial score (nSPS) is 19.3. The average molecular weight is 261 g/mol. The highest BCUT2D eigenvalue weighted by atomic mass is 16.5. The van der Waals surface area contributed by atoms with E-state index in [4.69, 9.17) is 4.74 Å². The third kappa shape index (κ3) is 2.10. The lowest BCUT2D eigenvalue weighted by molar-refractivity contribution is -0.124. The van der Waals surface area contributed by atoms with Crippen LogP contribution in [-0.4, -0.2) is 31.3 Å². The van der Waals surface area contributed by atoms with Gasteiger partial charge in [-0.25, -0.2) is 0 Å². The molecule has 1 aromatic carbocycles. The fraction of sp³-hybridized carbons (Fsp3) is 0.533. The second kappa shape index (κ2) is 4.53. The van der Waals surface area contributed by atoms with Gasteiger partial charge in [-0.15, -0.1) is 0 Å². The summed E-state index contributed by atoms with van der Waals surface area (Å²) in [7, 11) is 1.78. The van der Waals surface area contributed by atoms with E-state index in [1.807, 2.05) is 18.2 Å². The van der Waals surface area contributed by atoms with Crippen molar-refractivity contribution in [3.05, 3.63) is 23.8 Å². The van der Waals surface area contributed by atoms with Crippen LogP contribution in [0.5, 0.6) is 5.75 Å². The van der Waals surface area contributed by atoms with Crippen molar-refractivity contribution in [1.29, 1.82) is 0 Å². The van der Waals surface area contributed by atoms with Crippen LogP contribution in [0.25, 0.3) is 0 Å². The number of aryl methyl sites for hydroxylation is 1. The van der Waals surface area contributed by atoms with Gasteiger partial charge in [-0.2, -0.15) is 0 Å². The molecule has 1 fully saturated rings. The van der Waals surface area contributed by atoms with Crippen molar-refractivity contribution in [2.75, 3.05) is 25.2 Å². The highest BCUT2D eigenvalue weighted by Gasteiger charge is 2.50. The number of anilines is 1. The number of rotatable bonds is 3. The standard InChI is InChI=1S/C15H19NO3/c1-16(14(18)15(10-17)6-7-15)12-4-5-13-11(9-12)3-2-8-19-13/h4-5,9,17H,2-3,6-8,10H2,1H3. The van der Waals surface area contributed by atoms with Gasteiger partial charge in [0.2, 0.25) is 5.91 Å². The van der Waals surface area contributed by atoms with Crippen molar-refractivity contribution in [2.24, 2.45) is 5.41 Å². The topological polar surface area (TPSA) is 49.8 Å². The van der Waals surface area contributed by atoms with Gasteiger partial charge < -0.3 is 14.7 Å². The maximum absolute atomic E-state index is 12.4. The van der Waals surface area contributed by atoms with Gasteiger partial charge in [-0.05, 0) is 49.4 Å². The van der Waals surface area contributed by atoms with Crippen LogP contribution < -0.4 is 9.64 Å². The fourth-order valence-corrected chi connectivity index (χ4v) is 2.62. The number of fused-ring (bicyclic) bond motifs is 1. The zero-order chi connectivity index (χ0) is 13.5. The van der Waals surface area contributed by atoms with Crippen LogP contribution in [0.15, 0.2) is 18.2 Å². The van der Waals surface area contributed by atoms with Gasteiger partial charge in [-0.3, -0.25) is 4.79 Å². The van der Waals surface area contributed by atoms with E-state index < -0.39 is 5.41 Å². The first-order valence-corrected chi connectivity index (χ1v) is 6.81. The van der Waals surface area contributed by atoms with Crippen LogP contribution in [0.1, 0.15) is 24.8 Å². The molecule has 1 heterocycles. The zero-order valence-corrected chi connectivity index (χ0v) is 11.2. The quantitative estimate of drug-likeness (QED) is 0.901. The number of amides is 1. The molecule has 1 aliphatic carbocycles. The third-order valence-electron chi connectivity index (χ3n) is 4.19. The second-order valence-electron chi connectivity index (χ2n) is 5.55. The van der Waals surface area contributed by atoms with Crippen LogP contribution >= 0.6 is 0 Å². The van der Waals surface area contributed by atoms with E-state index in [-0.39, 0.29) is 12.5 Å². The van der Waals surface area contributed by atoms with Crippen molar-refractivity contribution in [3.63, 3.8) is 0 Å². The van der Waals surface area contributed by atoms with E-state index in [0.717, 1.165) is 49.3 Å². The summed E-state index contributed by atoms with van der Waals surface area (Å²) in [5.41, 5.74) is 1.53. The Bertz CT molecular complexity index is 508. The maximum Gasteiger partial charge on any atom is 0.235 e. The molecule has 4 nitrogen and oxygen atoms in total. The second-order valence-corrected chi connectivity index (χ2v) is 5.55. The van der Waals surface area contributed by atoms with E-state index in [0.29, 0.717) is 0 Å². The molecule has 0 aromatic heterocycles. The molecule has 1 saturated carbocycles. The summed E-state index contributed by atoms with van der Waals surface area (Å²) in [4.78, 5) is 14.0. The smallest absolute Gasteiger partial charge is 0.235 e. The van der Waals surface area contributed by atoms with Crippen molar-refractivity contribution in [3.8, 4) is 5.75 Å². The number of benzene rings is 1. The van der Waals surface area contributed by atoms with Crippen molar-refractivity contribution >= 4 is 11.6 Å². The molecule has 1 N–H and O–H groups in total. The van der Waals surface area contributed by atoms with Crippen molar-refractivity contribution < 1.29 is 14.6 Å². The van der Waals surface area contributed by atoms with Gasteiger partial charge in [-0.1, -0.05) is 0 Å². The molecule has 3 rings (SSSR count). The minimum Gasteiger partial charge on any atom is -0.493 e. The molecule has 102 valence electrons. The number of aliphatic hydroxyl groups excluding tert-OH is 1. The molecule has 2 aliphatic rings. The van der Waals surface area contributed by atoms with E-state index in [1.54, 1.807) is 11.9 Å². The first-order valence-electron chi connectivity index (χ1n) is 6.81. The van der Waals surface area contributed by atoms with E-state index >= 15 is 0 Å². The zero-order valence-electron chi connectivity index (χ0n) is 11.2. The highest BCUT2D eigenvalue weighted by Crippen LogP contribution is 2.47. The predicted octanol–water partition coefficient (Wildman–Crippen LogP) is 1.75. The van der Waals surface area contributed by atoms with Crippen molar-refractivity contribution in [2.45, 2.75) is 25.7 Å². The lowest BCUT2D eigenvalue weighted by Crippen LogP contribution is -2.36. The van der Waals surface area contributed by atoms with Crippen LogP contribution in [0, 0.1) is 5.41 Å². The van der Waals surface area contributed by atoms with Gasteiger partial charge in [0.1, 0.15) is 5.75 Å². The first-order chi connectivity index (χ1) is 9.16. The molecule has 1 aliphatic heterocycles. The Kier molecular flexibility index (Phi) is 2.97. The Hall–Kier alpha value is -1.55. The largest absolute Gasteiger partial charge is 0.493 e. The SMILES string of the molecule is CN(C(=O)C1(CO)CC1)c1ccc2c(c1)CCCO2. The summed E-state index contributed by atoms with van der Waals surface area (Å²) in [5.74, 6) is 0.950. The van der Waals surface area contributed by atoms with Gasteiger partial charge in [0.05, 0.1) is 18.6 Å². The Morgan fingerprint density at radius 3 is 2.95 bits per heavy atom. The lowest BCUT2D eigenvalue weighted by atomic mass is 10.0. The van der Waals surface area contributed by atoms with Crippen LogP contribution in [0.2, 0.25) is 0 Å². The van der Waals surface area contributed by atoms with Crippen molar-refractivity contribution in [1.82, 2.24) is 0 Å². The van der Waals surface area contributed by atoms with Crippen LogP contribution in [0.4, 0.5) is 5.69 Å². The molecule has 0 atom stereocenters. The van der Waals surface area contributed by atoms with Gasteiger partial charge in [0.15, 0.2) is 0 Å². The Balaban J connectivity index is 1.84. The van der Waals surface area contributed by atoms with Gasteiger partial charge in [0.25, 0.3) is 0 Å².